The first-order valence-corrected chi connectivity index (χ1v) is 8.47. The number of amides is 2. The molecule has 2 heterocycles. The molecular formula is C17H28N4O2. The number of hydrogen-bond donors (Lipinski definition) is 2. The van der Waals surface area contributed by atoms with Gasteiger partial charge in [0, 0.05) is 50.0 Å². The zero-order chi connectivity index (χ0) is 16.7. The smallest absolute Gasteiger partial charge is 0.317 e. The predicted molar refractivity (Wildman–Crippen MR) is 88.3 cm³/mol. The maximum atomic E-state index is 12.6. The fourth-order valence-electron chi connectivity index (χ4n) is 3.85. The van der Waals surface area contributed by atoms with Gasteiger partial charge in [-0.3, -0.25) is 0 Å². The number of rotatable bonds is 3. The van der Waals surface area contributed by atoms with Crippen molar-refractivity contribution < 1.29 is 9.53 Å². The molecule has 2 fully saturated rings. The highest BCUT2D eigenvalue weighted by Gasteiger charge is 2.58. The van der Waals surface area contributed by atoms with Gasteiger partial charge in [-0.2, -0.15) is 0 Å². The first kappa shape index (κ1) is 16.3. The van der Waals surface area contributed by atoms with E-state index in [1.807, 2.05) is 11.1 Å². The van der Waals surface area contributed by atoms with Gasteiger partial charge in [-0.1, -0.05) is 13.8 Å². The number of methoxy groups -OCH3 is 1. The van der Waals surface area contributed by atoms with Crippen molar-refractivity contribution in [3.05, 3.63) is 18.2 Å². The number of carbonyl (C=O) groups is 1. The van der Waals surface area contributed by atoms with Gasteiger partial charge in [0.1, 0.15) is 5.82 Å². The number of nitrogens with one attached hydrogen (secondary N) is 2. The minimum Gasteiger partial charge on any atom is -0.378 e. The van der Waals surface area contributed by atoms with Crippen molar-refractivity contribution in [2.75, 3.05) is 20.2 Å². The Balaban J connectivity index is 1.59. The largest absolute Gasteiger partial charge is 0.378 e. The monoisotopic (exact) mass is 320 g/mol. The zero-order valence-electron chi connectivity index (χ0n) is 14.6. The Labute approximate surface area is 138 Å². The number of imidazole rings is 1. The lowest BCUT2D eigenvalue weighted by atomic mass is 9.56. The van der Waals surface area contributed by atoms with E-state index < -0.39 is 0 Å². The number of nitrogens with zero attached hydrogens (tertiary/aromatic N) is 2. The van der Waals surface area contributed by atoms with E-state index in [-0.39, 0.29) is 23.1 Å². The number of urea groups is 1. The van der Waals surface area contributed by atoms with Crippen molar-refractivity contribution >= 4 is 6.03 Å². The number of H-pyrrole nitrogens is 1. The van der Waals surface area contributed by atoms with Crippen LogP contribution in [0.25, 0.3) is 0 Å². The summed E-state index contributed by atoms with van der Waals surface area (Å²) < 4.78 is 5.63. The maximum absolute atomic E-state index is 12.6. The Bertz CT molecular complexity index is 557. The van der Waals surface area contributed by atoms with Gasteiger partial charge in [0.2, 0.25) is 0 Å². The second-order valence-electron chi connectivity index (χ2n) is 7.62. The molecule has 0 bridgehead atoms. The molecule has 6 nitrogen and oxygen atoms in total. The number of aromatic nitrogens is 2. The van der Waals surface area contributed by atoms with Crippen LogP contribution in [0.15, 0.2) is 12.4 Å². The van der Waals surface area contributed by atoms with Crippen LogP contribution in [0.4, 0.5) is 4.79 Å². The molecule has 1 saturated carbocycles. The van der Waals surface area contributed by atoms with E-state index in [4.69, 9.17) is 4.74 Å². The molecule has 1 aromatic rings. The number of hydrogen-bond acceptors (Lipinski definition) is 3. The summed E-state index contributed by atoms with van der Waals surface area (Å²) in [7, 11) is 1.75. The molecule has 3 rings (SSSR count). The number of carbonyl (C=O) groups excluding carboxylic acids is 1. The minimum absolute atomic E-state index is 0.0393. The van der Waals surface area contributed by atoms with Crippen LogP contribution >= 0.6 is 0 Å². The molecule has 2 aliphatic rings. The number of likely N-dealkylation sites (tertiary alicyclic amines) is 1. The van der Waals surface area contributed by atoms with E-state index in [0.29, 0.717) is 5.92 Å². The molecule has 1 aliphatic carbocycles. The van der Waals surface area contributed by atoms with E-state index >= 15 is 0 Å². The lowest BCUT2D eigenvalue weighted by molar-refractivity contribution is -0.177. The fraction of sp³-hybridized carbons (Fsp3) is 0.765. The van der Waals surface area contributed by atoms with E-state index in [1.165, 1.54) is 0 Å². The van der Waals surface area contributed by atoms with Gasteiger partial charge in [0.05, 0.1) is 5.60 Å². The zero-order valence-corrected chi connectivity index (χ0v) is 14.6. The van der Waals surface area contributed by atoms with Crippen LogP contribution in [0.5, 0.6) is 0 Å². The summed E-state index contributed by atoms with van der Waals surface area (Å²) in [6, 6.07) is 0.196. The maximum Gasteiger partial charge on any atom is 0.317 e. The van der Waals surface area contributed by atoms with Crippen LogP contribution in [0.1, 0.15) is 51.8 Å². The molecule has 6 heteroatoms. The summed E-state index contributed by atoms with van der Waals surface area (Å²) in [4.78, 5) is 22.1. The summed E-state index contributed by atoms with van der Waals surface area (Å²) in [6.45, 7) is 7.98. The normalized spacial score (nSPS) is 33.1. The fourth-order valence-corrected chi connectivity index (χ4v) is 3.85. The van der Waals surface area contributed by atoms with Crippen molar-refractivity contribution in [3.63, 3.8) is 0 Å². The Morgan fingerprint density at radius 2 is 2.26 bits per heavy atom. The number of ether oxygens (including phenoxy) is 1. The SMILES string of the molecule is CO[C@]1(C)C[C@H](NC(=O)N2CCC[C@H](c3ncc[nH]3)C2)C1(C)C. The molecule has 0 unspecified atom stereocenters. The number of piperidine rings is 1. The molecule has 0 aromatic carbocycles. The lowest BCUT2D eigenvalue weighted by Crippen LogP contribution is -2.69. The van der Waals surface area contributed by atoms with E-state index in [9.17, 15) is 4.79 Å². The first-order chi connectivity index (χ1) is 10.9. The van der Waals surface area contributed by atoms with Crippen LogP contribution in [0.2, 0.25) is 0 Å². The second-order valence-corrected chi connectivity index (χ2v) is 7.62. The third-order valence-corrected chi connectivity index (χ3v) is 6.19. The quantitative estimate of drug-likeness (QED) is 0.899. The molecular weight excluding hydrogens is 292 g/mol. The van der Waals surface area contributed by atoms with Crippen LogP contribution in [0.3, 0.4) is 0 Å². The summed E-state index contributed by atoms with van der Waals surface area (Å²) in [5.41, 5.74) is -0.225. The summed E-state index contributed by atoms with van der Waals surface area (Å²) in [6.07, 6.45) is 6.57. The first-order valence-electron chi connectivity index (χ1n) is 8.47. The van der Waals surface area contributed by atoms with Crippen LogP contribution < -0.4 is 5.32 Å². The average Bonchev–Trinajstić information content (AvgIpc) is 3.08. The third kappa shape index (κ3) is 2.73. The van der Waals surface area contributed by atoms with Gasteiger partial charge in [0.25, 0.3) is 0 Å². The van der Waals surface area contributed by atoms with E-state index in [2.05, 4.69) is 36.1 Å². The van der Waals surface area contributed by atoms with E-state index in [1.54, 1.807) is 13.3 Å². The van der Waals surface area contributed by atoms with Gasteiger partial charge in [-0.15, -0.1) is 0 Å². The Morgan fingerprint density at radius 3 is 2.87 bits per heavy atom. The molecule has 0 spiro atoms. The van der Waals surface area contributed by atoms with Crippen LogP contribution in [-0.2, 0) is 4.74 Å². The summed E-state index contributed by atoms with van der Waals surface area (Å²) in [5.74, 6) is 1.29. The van der Waals surface area contributed by atoms with Gasteiger partial charge in [0.15, 0.2) is 0 Å². The second kappa shape index (κ2) is 5.82. The van der Waals surface area contributed by atoms with Crippen molar-refractivity contribution in [2.45, 2.75) is 57.6 Å². The highest BCUT2D eigenvalue weighted by Crippen LogP contribution is 2.51. The van der Waals surface area contributed by atoms with Gasteiger partial charge in [-0.25, -0.2) is 9.78 Å². The molecule has 2 N–H and O–H groups in total. The molecule has 3 atom stereocenters. The highest BCUT2D eigenvalue weighted by atomic mass is 16.5. The van der Waals surface area contributed by atoms with Crippen molar-refractivity contribution in [1.82, 2.24) is 20.2 Å². The molecule has 128 valence electrons. The van der Waals surface area contributed by atoms with Crippen molar-refractivity contribution in [1.29, 1.82) is 0 Å². The van der Waals surface area contributed by atoms with Gasteiger partial charge >= 0.3 is 6.03 Å². The average molecular weight is 320 g/mol. The Kier molecular flexibility index (Phi) is 4.12. The molecule has 1 aliphatic heterocycles. The summed E-state index contributed by atoms with van der Waals surface area (Å²) in [5, 5.41) is 3.21. The molecule has 1 saturated heterocycles. The lowest BCUT2D eigenvalue weighted by Gasteiger charge is -2.59. The Morgan fingerprint density at radius 1 is 1.48 bits per heavy atom. The predicted octanol–water partition coefficient (Wildman–Crippen LogP) is 2.50. The number of aromatic amines is 1. The van der Waals surface area contributed by atoms with Crippen molar-refractivity contribution in [2.24, 2.45) is 5.41 Å². The molecule has 2 amide bonds. The topological polar surface area (TPSA) is 70.2 Å². The molecule has 23 heavy (non-hydrogen) atoms. The van der Waals surface area contributed by atoms with E-state index in [0.717, 1.165) is 38.2 Å². The van der Waals surface area contributed by atoms with Gasteiger partial charge < -0.3 is 19.9 Å². The molecule has 1 aromatic heterocycles. The Hall–Kier alpha value is -1.56. The van der Waals surface area contributed by atoms with Crippen molar-refractivity contribution in [3.8, 4) is 0 Å². The van der Waals surface area contributed by atoms with Gasteiger partial charge in [-0.05, 0) is 26.2 Å². The minimum atomic E-state index is -0.163. The molecule has 0 radical (unpaired) electrons. The van der Waals surface area contributed by atoms with Crippen LogP contribution in [-0.4, -0.2) is 52.7 Å². The standard InChI is InChI=1S/C17H28N4O2/c1-16(2)13(10-17(16,3)23-4)20-15(22)21-9-5-6-12(11-21)14-18-7-8-19-14/h7-8,12-13H,5-6,9-11H2,1-4H3,(H,18,19)(H,20,22)/t12-,13-,17+/m0/s1. The third-order valence-electron chi connectivity index (χ3n) is 6.19. The van der Waals surface area contributed by atoms with Crippen LogP contribution in [0, 0.1) is 5.41 Å². The summed E-state index contributed by atoms with van der Waals surface area (Å²) >= 11 is 0. The highest BCUT2D eigenvalue weighted by molar-refractivity contribution is 5.75.